The van der Waals surface area contributed by atoms with E-state index in [-0.39, 0.29) is 0 Å². The third kappa shape index (κ3) is 6.15. The predicted octanol–water partition coefficient (Wildman–Crippen LogP) is 17.7. The van der Waals surface area contributed by atoms with Gasteiger partial charge in [0, 0.05) is 37.2 Å². The molecule has 0 saturated carbocycles. The van der Waals surface area contributed by atoms with Gasteiger partial charge in [0.15, 0.2) is 0 Å². The summed E-state index contributed by atoms with van der Waals surface area (Å²) in [6.07, 6.45) is 0. The molecule has 0 saturated heterocycles. The summed E-state index contributed by atoms with van der Waals surface area (Å²) in [5, 5.41) is 10.1. The number of fused-ring (bicyclic) bond motifs is 7. The first kappa shape index (κ1) is 36.1. The van der Waals surface area contributed by atoms with E-state index >= 15 is 0 Å². The summed E-state index contributed by atoms with van der Waals surface area (Å²) >= 11 is 1.87. The first-order valence-electron chi connectivity index (χ1n) is 21.2. The minimum Gasteiger partial charge on any atom is -0.310 e. The van der Waals surface area contributed by atoms with Crippen LogP contribution in [0.3, 0.4) is 0 Å². The lowest BCUT2D eigenvalue weighted by Gasteiger charge is -2.28. The van der Waals surface area contributed by atoms with Gasteiger partial charge in [-0.2, -0.15) is 0 Å². The smallest absolute Gasteiger partial charge is 0.0468 e. The summed E-state index contributed by atoms with van der Waals surface area (Å²) in [5.41, 5.74) is 13.0. The predicted molar refractivity (Wildman–Crippen MR) is 268 cm³/mol. The van der Waals surface area contributed by atoms with Crippen LogP contribution in [0.25, 0.3) is 97.0 Å². The fraction of sp³-hybridized carbons (Fsp3) is 0. The van der Waals surface area contributed by atoms with Crippen LogP contribution < -0.4 is 4.90 Å². The Morgan fingerprint density at radius 1 is 0.258 bits per heavy atom. The maximum Gasteiger partial charge on any atom is 0.0468 e. The normalized spacial score (nSPS) is 11.5. The molecule has 1 heterocycles. The molecule has 62 heavy (non-hydrogen) atoms. The van der Waals surface area contributed by atoms with Gasteiger partial charge in [-0.3, -0.25) is 0 Å². The zero-order valence-electron chi connectivity index (χ0n) is 33.9. The van der Waals surface area contributed by atoms with Crippen molar-refractivity contribution in [3.8, 4) is 44.5 Å². The van der Waals surface area contributed by atoms with E-state index in [1.54, 1.807) is 0 Å². The van der Waals surface area contributed by atoms with Crippen molar-refractivity contribution >= 4 is 80.9 Å². The number of thiophene rings is 1. The van der Waals surface area contributed by atoms with Crippen molar-refractivity contribution in [2.24, 2.45) is 0 Å². The highest BCUT2D eigenvalue weighted by atomic mass is 32.1. The minimum atomic E-state index is 1.09. The van der Waals surface area contributed by atoms with Crippen molar-refractivity contribution in [2.45, 2.75) is 0 Å². The monoisotopic (exact) mass is 805 g/mol. The van der Waals surface area contributed by atoms with Gasteiger partial charge in [-0.05, 0) is 125 Å². The van der Waals surface area contributed by atoms with Crippen LogP contribution in [0.5, 0.6) is 0 Å². The van der Waals surface area contributed by atoms with Crippen molar-refractivity contribution in [2.75, 3.05) is 4.90 Å². The van der Waals surface area contributed by atoms with Crippen LogP contribution in [0.4, 0.5) is 17.1 Å². The lowest BCUT2D eigenvalue weighted by Crippen LogP contribution is -2.10. The summed E-state index contributed by atoms with van der Waals surface area (Å²) in [7, 11) is 0. The molecular weight excluding hydrogens is 767 g/mol. The topological polar surface area (TPSA) is 3.24 Å². The Hall–Kier alpha value is -7.78. The molecule has 0 aliphatic heterocycles. The van der Waals surface area contributed by atoms with Gasteiger partial charge in [0.05, 0.1) is 0 Å². The fourth-order valence-corrected chi connectivity index (χ4v) is 10.7. The molecule has 0 atom stereocenters. The quantitative estimate of drug-likeness (QED) is 0.145. The van der Waals surface area contributed by atoms with E-state index in [0.717, 1.165) is 17.1 Å². The van der Waals surface area contributed by atoms with E-state index in [0.29, 0.717) is 0 Å². The van der Waals surface area contributed by atoms with Crippen LogP contribution in [-0.2, 0) is 0 Å². The average Bonchev–Trinajstić information content (AvgIpc) is 3.72. The largest absolute Gasteiger partial charge is 0.310 e. The molecule has 0 spiro atoms. The third-order valence-electron chi connectivity index (χ3n) is 12.4. The van der Waals surface area contributed by atoms with Gasteiger partial charge in [-0.25, -0.2) is 0 Å². The van der Waals surface area contributed by atoms with Crippen LogP contribution in [0, 0.1) is 0 Å². The molecule has 12 aromatic rings. The minimum absolute atomic E-state index is 1.09. The van der Waals surface area contributed by atoms with Crippen molar-refractivity contribution in [1.29, 1.82) is 0 Å². The van der Waals surface area contributed by atoms with Crippen LogP contribution in [-0.4, -0.2) is 0 Å². The molecule has 290 valence electrons. The number of anilines is 3. The van der Waals surface area contributed by atoms with E-state index in [9.17, 15) is 0 Å². The Morgan fingerprint density at radius 2 is 0.758 bits per heavy atom. The number of hydrogen-bond donors (Lipinski definition) is 0. The Balaban J connectivity index is 1.11. The molecule has 12 rings (SSSR count). The Labute approximate surface area is 365 Å². The zero-order chi connectivity index (χ0) is 41.0. The van der Waals surface area contributed by atoms with Crippen LogP contribution >= 0.6 is 11.3 Å². The van der Waals surface area contributed by atoms with E-state index in [2.05, 4.69) is 241 Å². The molecule has 0 bridgehead atoms. The lowest BCUT2D eigenvalue weighted by atomic mass is 9.85. The maximum absolute atomic E-state index is 2.45. The van der Waals surface area contributed by atoms with E-state index in [1.165, 1.54) is 97.0 Å². The second-order valence-electron chi connectivity index (χ2n) is 16.0. The first-order chi connectivity index (χ1) is 30.7. The second-order valence-corrected chi connectivity index (χ2v) is 17.1. The molecular formula is C60H39NS. The lowest BCUT2D eigenvalue weighted by molar-refractivity contribution is 1.29. The van der Waals surface area contributed by atoms with Crippen molar-refractivity contribution in [3.05, 3.63) is 237 Å². The van der Waals surface area contributed by atoms with Gasteiger partial charge in [0.2, 0.25) is 0 Å². The summed E-state index contributed by atoms with van der Waals surface area (Å²) < 4.78 is 2.62. The van der Waals surface area contributed by atoms with E-state index in [1.807, 2.05) is 11.3 Å². The molecule has 0 unspecified atom stereocenters. The molecule has 0 aliphatic rings. The van der Waals surface area contributed by atoms with E-state index < -0.39 is 0 Å². The molecule has 0 amide bonds. The highest BCUT2D eigenvalue weighted by Crippen LogP contribution is 2.48. The van der Waals surface area contributed by atoms with Crippen LogP contribution in [0.2, 0.25) is 0 Å². The summed E-state index contributed by atoms with van der Waals surface area (Å²) in [6, 6.07) is 86.9. The number of rotatable bonds is 7. The zero-order valence-corrected chi connectivity index (χ0v) is 34.7. The summed E-state index contributed by atoms with van der Waals surface area (Å²) in [6.45, 7) is 0. The number of hydrogen-bond acceptors (Lipinski definition) is 2. The summed E-state index contributed by atoms with van der Waals surface area (Å²) in [5.74, 6) is 0. The highest BCUT2D eigenvalue weighted by Gasteiger charge is 2.21. The third-order valence-corrected chi connectivity index (χ3v) is 13.5. The standard InChI is InChI=1S/C60H39NS/c1-3-17-41(18-4-1)59-55-29-10-9-27-51(55)52-35-33-48(39-56(52)60(59)42-19-5-2-6-20-42)61(47-25-14-23-45(37-47)50-30-15-21-40-16-7-8-26-49(40)50)46-24-13-22-43(36-46)44-32-34-54-53-28-11-12-31-57(53)62-58(54)38-44/h1-39H. The molecule has 0 aliphatic carbocycles. The van der Waals surface area contributed by atoms with Crippen molar-refractivity contribution < 1.29 is 0 Å². The van der Waals surface area contributed by atoms with Gasteiger partial charge in [-0.15, -0.1) is 11.3 Å². The van der Waals surface area contributed by atoms with Gasteiger partial charge in [0.1, 0.15) is 0 Å². The Bertz CT molecular complexity index is 3630. The second kappa shape index (κ2) is 15.0. The Morgan fingerprint density at radius 3 is 1.53 bits per heavy atom. The van der Waals surface area contributed by atoms with Crippen molar-refractivity contribution in [3.63, 3.8) is 0 Å². The highest BCUT2D eigenvalue weighted by molar-refractivity contribution is 7.25. The molecule has 2 heteroatoms. The molecule has 1 nitrogen and oxygen atoms in total. The fourth-order valence-electron chi connectivity index (χ4n) is 9.59. The average molecular weight is 806 g/mol. The number of nitrogens with zero attached hydrogens (tertiary/aromatic N) is 1. The van der Waals surface area contributed by atoms with Crippen LogP contribution in [0.15, 0.2) is 237 Å². The van der Waals surface area contributed by atoms with Gasteiger partial charge in [-0.1, -0.05) is 188 Å². The first-order valence-corrected chi connectivity index (χ1v) is 22.1. The SMILES string of the molecule is c1ccc(-c2c(-c3ccccc3)c3cc(N(c4cccc(-c5ccc6c(c5)sc5ccccc56)c4)c4cccc(-c5cccc6ccccc56)c4)ccc3c3ccccc23)cc1. The molecule has 0 radical (unpaired) electrons. The molecule has 11 aromatic carbocycles. The van der Waals surface area contributed by atoms with E-state index in [4.69, 9.17) is 0 Å². The van der Waals surface area contributed by atoms with Crippen molar-refractivity contribution in [1.82, 2.24) is 0 Å². The van der Waals surface area contributed by atoms with Gasteiger partial charge >= 0.3 is 0 Å². The number of benzene rings is 11. The van der Waals surface area contributed by atoms with Crippen LogP contribution in [0.1, 0.15) is 0 Å². The summed E-state index contributed by atoms with van der Waals surface area (Å²) in [4.78, 5) is 2.45. The van der Waals surface area contributed by atoms with Gasteiger partial charge in [0.25, 0.3) is 0 Å². The molecule has 0 fully saturated rings. The maximum atomic E-state index is 2.45. The molecule has 1 aromatic heterocycles. The molecule has 0 N–H and O–H groups in total. The Kier molecular flexibility index (Phi) is 8.76. The van der Waals surface area contributed by atoms with Gasteiger partial charge < -0.3 is 4.90 Å².